The van der Waals surface area contributed by atoms with Gasteiger partial charge in [-0.25, -0.2) is 0 Å². The molecule has 0 radical (unpaired) electrons. The lowest BCUT2D eigenvalue weighted by atomic mass is 10.1. The molecule has 108 valence electrons. The van der Waals surface area contributed by atoms with Gasteiger partial charge < -0.3 is 18.9 Å². The molecule has 0 N–H and O–H groups in total. The molecule has 0 spiro atoms. The second-order valence-corrected chi connectivity index (χ2v) is 5.11. The summed E-state index contributed by atoms with van der Waals surface area (Å²) in [6.07, 6.45) is 0.382. The molecule has 2 aliphatic rings. The van der Waals surface area contributed by atoms with E-state index in [0.29, 0.717) is 36.2 Å². The number of ether oxygens (including phenoxy) is 2. The molecule has 7 nitrogen and oxygen atoms in total. The molecule has 1 saturated heterocycles. The predicted octanol–water partition coefficient (Wildman–Crippen LogP) is 1.63. The van der Waals surface area contributed by atoms with Gasteiger partial charge in [0.2, 0.25) is 18.6 Å². The van der Waals surface area contributed by atoms with E-state index in [2.05, 4.69) is 10.1 Å². The molecule has 4 rings (SSSR count). The van der Waals surface area contributed by atoms with Crippen molar-refractivity contribution in [3.8, 4) is 11.5 Å². The normalized spacial score (nSPS) is 20.3. The van der Waals surface area contributed by atoms with E-state index in [1.807, 2.05) is 18.2 Å². The zero-order valence-electron chi connectivity index (χ0n) is 11.4. The average molecular weight is 287 g/mol. The lowest BCUT2D eigenvalue weighted by Gasteiger charge is -2.16. The van der Waals surface area contributed by atoms with Crippen molar-refractivity contribution in [2.75, 3.05) is 18.2 Å². The molecule has 2 aromatic rings. The Morgan fingerprint density at radius 3 is 2.95 bits per heavy atom. The maximum absolute atomic E-state index is 12.2. The summed E-state index contributed by atoms with van der Waals surface area (Å²) in [6.45, 7) is 2.50. The van der Waals surface area contributed by atoms with E-state index < -0.39 is 0 Å². The molecule has 1 fully saturated rings. The van der Waals surface area contributed by atoms with Crippen LogP contribution in [0.3, 0.4) is 0 Å². The Bertz CT molecular complexity index is 712. The SMILES string of the molecule is Cc1nc(C2CC(=O)N(c3ccc4c(c3)OCO4)C2)no1. The number of anilines is 1. The minimum atomic E-state index is -0.0413. The van der Waals surface area contributed by atoms with Crippen molar-refractivity contribution < 1.29 is 18.8 Å². The van der Waals surface area contributed by atoms with Gasteiger partial charge in [0.15, 0.2) is 17.3 Å². The fourth-order valence-corrected chi connectivity index (χ4v) is 2.66. The van der Waals surface area contributed by atoms with Crippen molar-refractivity contribution in [3.05, 3.63) is 29.9 Å². The molecular formula is C14H13N3O4. The van der Waals surface area contributed by atoms with Crippen LogP contribution in [0.5, 0.6) is 11.5 Å². The average Bonchev–Trinajstić information content (AvgIpc) is 3.17. The lowest BCUT2D eigenvalue weighted by Crippen LogP contribution is -2.24. The summed E-state index contributed by atoms with van der Waals surface area (Å²) in [7, 11) is 0. The largest absolute Gasteiger partial charge is 0.454 e. The number of carbonyl (C=O) groups is 1. The highest BCUT2D eigenvalue weighted by Gasteiger charge is 2.34. The Hall–Kier alpha value is -2.57. The Morgan fingerprint density at radius 1 is 1.29 bits per heavy atom. The van der Waals surface area contributed by atoms with Gasteiger partial charge in [0, 0.05) is 37.6 Å². The maximum Gasteiger partial charge on any atom is 0.231 e. The predicted molar refractivity (Wildman–Crippen MR) is 71.3 cm³/mol. The van der Waals surface area contributed by atoms with Crippen LogP contribution in [0.1, 0.15) is 24.1 Å². The van der Waals surface area contributed by atoms with Gasteiger partial charge in [0.1, 0.15) is 0 Å². The molecule has 1 unspecified atom stereocenters. The number of benzene rings is 1. The van der Waals surface area contributed by atoms with Crippen LogP contribution in [-0.2, 0) is 4.79 Å². The van der Waals surface area contributed by atoms with Gasteiger partial charge in [-0.05, 0) is 12.1 Å². The topological polar surface area (TPSA) is 77.7 Å². The van der Waals surface area contributed by atoms with Gasteiger partial charge in [-0.15, -0.1) is 0 Å². The Labute approximate surface area is 120 Å². The first-order valence-electron chi connectivity index (χ1n) is 6.71. The minimum Gasteiger partial charge on any atom is -0.454 e. The van der Waals surface area contributed by atoms with E-state index >= 15 is 0 Å². The molecule has 1 amide bonds. The van der Waals surface area contributed by atoms with Crippen LogP contribution in [-0.4, -0.2) is 29.4 Å². The summed E-state index contributed by atoms with van der Waals surface area (Å²) in [5.74, 6) is 2.47. The van der Waals surface area contributed by atoms with Crippen LogP contribution in [0, 0.1) is 6.92 Å². The molecule has 0 saturated carbocycles. The van der Waals surface area contributed by atoms with Crippen LogP contribution in [0.4, 0.5) is 5.69 Å². The Balaban J connectivity index is 1.60. The van der Waals surface area contributed by atoms with Crippen molar-refractivity contribution in [1.82, 2.24) is 10.1 Å². The molecule has 7 heteroatoms. The van der Waals surface area contributed by atoms with Crippen molar-refractivity contribution in [3.63, 3.8) is 0 Å². The number of hydrogen-bond acceptors (Lipinski definition) is 6. The molecular weight excluding hydrogens is 274 g/mol. The summed E-state index contributed by atoms with van der Waals surface area (Å²) in [6, 6.07) is 5.50. The molecule has 1 aromatic carbocycles. The minimum absolute atomic E-state index is 0.0413. The van der Waals surface area contributed by atoms with E-state index in [4.69, 9.17) is 14.0 Å². The number of carbonyl (C=O) groups excluding carboxylic acids is 1. The van der Waals surface area contributed by atoms with E-state index in [0.717, 1.165) is 5.69 Å². The Morgan fingerprint density at radius 2 is 2.14 bits per heavy atom. The van der Waals surface area contributed by atoms with Gasteiger partial charge in [0.25, 0.3) is 0 Å². The van der Waals surface area contributed by atoms with Gasteiger partial charge >= 0.3 is 0 Å². The van der Waals surface area contributed by atoms with Crippen LogP contribution < -0.4 is 14.4 Å². The molecule has 2 aliphatic heterocycles. The monoisotopic (exact) mass is 287 g/mol. The summed E-state index contributed by atoms with van der Waals surface area (Å²) < 4.78 is 15.6. The van der Waals surface area contributed by atoms with Crippen LogP contribution >= 0.6 is 0 Å². The standard InChI is InChI=1S/C14H13N3O4/c1-8-15-14(16-21-8)9-4-13(18)17(6-9)10-2-3-11-12(5-10)20-7-19-11/h2-3,5,9H,4,6-7H2,1H3. The van der Waals surface area contributed by atoms with Gasteiger partial charge in [-0.1, -0.05) is 5.16 Å². The number of nitrogens with zero attached hydrogens (tertiary/aromatic N) is 3. The molecule has 0 aliphatic carbocycles. The third kappa shape index (κ3) is 2.01. The molecule has 3 heterocycles. The molecule has 1 atom stereocenters. The van der Waals surface area contributed by atoms with Gasteiger partial charge in [0.05, 0.1) is 0 Å². The second kappa shape index (κ2) is 4.47. The highest BCUT2D eigenvalue weighted by atomic mass is 16.7. The van der Waals surface area contributed by atoms with E-state index in [9.17, 15) is 4.79 Å². The van der Waals surface area contributed by atoms with Crippen LogP contribution in [0.15, 0.2) is 22.7 Å². The van der Waals surface area contributed by atoms with E-state index in [1.165, 1.54) is 0 Å². The first-order chi connectivity index (χ1) is 10.2. The molecule has 0 bridgehead atoms. The van der Waals surface area contributed by atoms with Crippen LogP contribution in [0.2, 0.25) is 0 Å². The number of aromatic nitrogens is 2. The summed E-state index contributed by atoms with van der Waals surface area (Å²) in [5.41, 5.74) is 0.798. The highest BCUT2D eigenvalue weighted by molar-refractivity contribution is 5.96. The Kier molecular flexibility index (Phi) is 2.60. The van der Waals surface area contributed by atoms with Crippen LogP contribution in [0.25, 0.3) is 0 Å². The smallest absolute Gasteiger partial charge is 0.231 e. The first kappa shape index (κ1) is 12.2. The van der Waals surface area contributed by atoms with Gasteiger partial charge in [-0.3, -0.25) is 4.79 Å². The number of rotatable bonds is 2. The summed E-state index contributed by atoms with van der Waals surface area (Å²) >= 11 is 0. The summed E-state index contributed by atoms with van der Waals surface area (Å²) in [4.78, 5) is 18.2. The summed E-state index contributed by atoms with van der Waals surface area (Å²) in [5, 5.41) is 3.91. The van der Waals surface area contributed by atoms with E-state index in [1.54, 1.807) is 11.8 Å². The zero-order valence-corrected chi connectivity index (χ0v) is 11.4. The highest BCUT2D eigenvalue weighted by Crippen LogP contribution is 2.38. The lowest BCUT2D eigenvalue weighted by molar-refractivity contribution is -0.117. The number of hydrogen-bond donors (Lipinski definition) is 0. The third-order valence-electron chi connectivity index (χ3n) is 3.70. The van der Waals surface area contributed by atoms with Crippen molar-refractivity contribution >= 4 is 11.6 Å². The maximum atomic E-state index is 12.2. The number of amides is 1. The quantitative estimate of drug-likeness (QED) is 0.835. The number of fused-ring (bicyclic) bond motifs is 1. The third-order valence-corrected chi connectivity index (χ3v) is 3.70. The zero-order chi connectivity index (χ0) is 14.4. The van der Waals surface area contributed by atoms with Crippen molar-refractivity contribution in [1.29, 1.82) is 0 Å². The van der Waals surface area contributed by atoms with Crippen molar-refractivity contribution in [2.24, 2.45) is 0 Å². The second-order valence-electron chi connectivity index (χ2n) is 5.11. The van der Waals surface area contributed by atoms with Crippen molar-refractivity contribution in [2.45, 2.75) is 19.3 Å². The fourth-order valence-electron chi connectivity index (χ4n) is 2.66. The van der Waals surface area contributed by atoms with E-state index in [-0.39, 0.29) is 18.6 Å². The first-order valence-corrected chi connectivity index (χ1v) is 6.71. The fraction of sp³-hybridized carbons (Fsp3) is 0.357. The molecule has 1 aromatic heterocycles. The molecule has 21 heavy (non-hydrogen) atoms. The van der Waals surface area contributed by atoms with Gasteiger partial charge in [-0.2, -0.15) is 4.98 Å². The number of aryl methyl sites for hydroxylation is 1.